The van der Waals surface area contributed by atoms with E-state index in [9.17, 15) is 9.59 Å². The quantitative estimate of drug-likeness (QED) is 0.584. The molecule has 7 heteroatoms. The van der Waals surface area contributed by atoms with E-state index in [0.717, 1.165) is 48.2 Å². The third-order valence-corrected chi connectivity index (χ3v) is 6.17. The summed E-state index contributed by atoms with van der Waals surface area (Å²) in [6, 6.07) is 15.9. The fourth-order valence-corrected chi connectivity index (χ4v) is 4.62. The second-order valence-electron chi connectivity index (χ2n) is 8.76. The Morgan fingerprint density at radius 1 is 1.03 bits per heavy atom. The van der Waals surface area contributed by atoms with Gasteiger partial charge in [0.15, 0.2) is 0 Å². The molecule has 32 heavy (non-hydrogen) atoms. The molecule has 1 aliphatic heterocycles. The SMILES string of the molecule is CN(C)CC(=O)N[C@H]1CC[C@H](N/C(=C2\C(=O)Nc3cc(Cl)ccc32)c2ccccc2)CC1. The molecule has 3 N–H and O–H groups in total. The lowest BCUT2D eigenvalue weighted by atomic mass is 9.90. The van der Waals surface area contributed by atoms with Crippen molar-refractivity contribution in [1.29, 1.82) is 0 Å². The molecular weight excluding hydrogens is 424 g/mol. The van der Waals surface area contributed by atoms with E-state index in [1.54, 1.807) is 6.07 Å². The minimum absolute atomic E-state index is 0.0661. The van der Waals surface area contributed by atoms with Crippen LogP contribution in [0, 0.1) is 0 Å². The fourth-order valence-electron chi connectivity index (χ4n) is 4.44. The largest absolute Gasteiger partial charge is 0.381 e. The van der Waals surface area contributed by atoms with Gasteiger partial charge in [-0.15, -0.1) is 0 Å². The van der Waals surface area contributed by atoms with Crippen molar-refractivity contribution >= 4 is 40.4 Å². The van der Waals surface area contributed by atoms with Gasteiger partial charge in [-0.25, -0.2) is 0 Å². The third-order valence-electron chi connectivity index (χ3n) is 5.94. The van der Waals surface area contributed by atoms with Crippen molar-refractivity contribution in [2.24, 2.45) is 0 Å². The molecule has 2 aromatic carbocycles. The van der Waals surface area contributed by atoms with E-state index in [2.05, 4.69) is 16.0 Å². The molecule has 2 aliphatic rings. The van der Waals surface area contributed by atoms with Crippen LogP contribution in [0.3, 0.4) is 0 Å². The highest BCUT2D eigenvalue weighted by molar-refractivity contribution is 6.38. The van der Waals surface area contributed by atoms with Gasteiger partial charge in [-0.1, -0.05) is 48.0 Å². The molecule has 2 amide bonds. The number of hydrogen-bond donors (Lipinski definition) is 3. The normalized spacial score (nSPS) is 21.7. The summed E-state index contributed by atoms with van der Waals surface area (Å²) in [6.45, 7) is 0.404. The lowest BCUT2D eigenvalue weighted by Gasteiger charge is -2.31. The Morgan fingerprint density at radius 3 is 2.34 bits per heavy atom. The van der Waals surface area contributed by atoms with Gasteiger partial charge in [-0.05, 0) is 57.5 Å². The highest BCUT2D eigenvalue weighted by Gasteiger charge is 2.30. The molecule has 1 heterocycles. The Hall–Kier alpha value is -2.83. The number of carbonyl (C=O) groups excluding carboxylic acids is 2. The Morgan fingerprint density at radius 2 is 1.69 bits per heavy atom. The smallest absolute Gasteiger partial charge is 0.258 e. The lowest BCUT2D eigenvalue weighted by molar-refractivity contribution is -0.122. The first kappa shape index (κ1) is 22.4. The van der Waals surface area contributed by atoms with Crippen LogP contribution in [0.2, 0.25) is 5.02 Å². The molecule has 1 saturated carbocycles. The summed E-state index contributed by atoms with van der Waals surface area (Å²) < 4.78 is 0. The second-order valence-corrected chi connectivity index (χ2v) is 9.19. The molecule has 0 spiro atoms. The van der Waals surface area contributed by atoms with Gasteiger partial charge in [-0.3, -0.25) is 9.59 Å². The molecule has 0 atom stereocenters. The Kier molecular flexibility index (Phi) is 6.82. The van der Waals surface area contributed by atoms with Crippen LogP contribution in [0.4, 0.5) is 5.69 Å². The van der Waals surface area contributed by atoms with E-state index in [0.29, 0.717) is 17.1 Å². The molecule has 2 aromatic rings. The first-order chi connectivity index (χ1) is 15.4. The van der Waals surface area contributed by atoms with Crippen LogP contribution in [0.5, 0.6) is 0 Å². The summed E-state index contributed by atoms with van der Waals surface area (Å²) in [7, 11) is 3.79. The maximum Gasteiger partial charge on any atom is 0.258 e. The molecule has 0 unspecified atom stereocenters. The first-order valence-corrected chi connectivity index (χ1v) is 11.4. The summed E-state index contributed by atoms with van der Waals surface area (Å²) in [4.78, 5) is 26.9. The summed E-state index contributed by atoms with van der Waals surface area (Å²) >= 11 is 6.13. The van der Waals surface area contributed by atoms with Crippen molar-refractivity contribution in [3.8, 4) is 0 Å². The molecule has 0 radical (unpaired) electrons. The number of benzene rings is 2. The molecule has 0 saturated heterocycles. The third kappa shape index (κ3) is 5.14. The summed E-state index contributed by atoms with van der Waals surface area (Å²) in [5.74, 6) is -0.0605. The zero-order chi connectivity index (χ0) is 22.7. The van der Waals surface area contributed by atoms with Gasteiger partial charge in [0.25, 0.3) is 5.91 Å². The molecule has 1 aliphatic carbocycles. The van der Waals surface area contributed by atoms with Gasteiger partial charge in [0.05, 0.1) is 23.5 Å². The van der Waals surface area contributed by atoms with Gasteiger partial charge in [-0.2, -0.15) is 0 Å². The topological polar surface area (TPSA) is 73.5 Å². The average molecular weight is 453 g/mol. The highest BCUT2D eigenvalue weighted by Crippen LogP contribution is 2.38. The van der Waals surface area contributed by atoms with Crippen LogP contribution in [0.25, 0.3) is 11.3 Å². The Labute approximate surface area is 194 Å². The number of rotatable bonds is 6. The minimum atomic E-state index is -0.127. The zero-order valence-electron chi connectivity index (χ0n) is 18.5. The molecule has 0 aromatic heterocycles. The predicted octanol–water partition coefficient (Wildman–Crippen LogP) is 3.74. The summed E-state index contributed by atoms with van der Waals surface area (Å²) in [5.41, 5.74) is 4.05. The first-order valence-electron chi connectivity index (χ1n) is 11.0. The van der Waals surface area contributed by atoms with Crippen LogP contribution in [0.15, 0.2) is 48.5 Å². The van der Waals surface area contributed by atoms with E-state index >= 15 is 0 Å². The van der Waals surface area contributed by atoms with E-state index in [4.69, 9.17) is 11.6 Å². The van der Waals surface area contributed by atoms with Crippen molar-refractivity contribution in [3.05, 3.63) is 64.7 Å². The summed E-state index contributed by atoms with van der Waals surface area (Å²) in [6.07, 6.45) is 3.66. The number of carbonyl (C=O) groups is 2. The molecular formula is C25H29ClN4O2. The maximum absolute atomic E-state index is 13.0. The van der Waals surface area contributed by atoms with E-state index in [1.807, 2.05) is 61.5 Å². The van der Waals surface area contributed by atoms with Crippen molar-refractivity contribution in [1.82, 2.24) is 15.5 Å². The number of nitrogens with zero attached hydrogens (tertiary/aromatic N) is 1. The number of hydrogen-bond acceptors (Lipinski definition) is 4. The van der Waals surface area contributed by atoms with Crippen LogP contribution in [0.1, 0.15) is 36.8 Å². The van der Waals surface area contributed by atoms with E-state index in [1.165, 1.54) is 0 Å². The standard InChI is InChI=1S/C25H29ClN4O2/c1-30(2)15-22(31)27-18-9-11-19(12-10-18)28-24(16-6-4-3-5-7-16)23-20-13-8-17(26)14-21(20)29-25(23)32/h3-8,13-14,18-19,28H,9-12,15H2,1-2H3,(H,27,31)(H,29,32)/b24-23-/t18-,19-. The van der Waals surface area contributed by atoms with Gasteiger partial charge < -0.3 is 20.9 Å². The Bertz CT molecular complexity index is 1030. The van der Waals surface area contributed by atoms with Gasteiger partial charge in [0.2, 0.25) is 5.91 Å². The predicted molar refractivity (Wildman–Crippen MR) is 129 cm³/mol. The number of nitrogens with one attached hydrogen (secondary N) is 3. The summed E-state index contributed by atoms with van der Waals surface area (Å²) in [5, 5.41) is 10.3. The van der Waals surface area contributed by atoms with Crippen LogP contribution in [-0.2, 0) is 9.59 Å². The number of likely N-dealkylation sites (N-methyl/N-ethyl adjacent to an activating group) is 1. The second kappa shape index (κ2) is 9.76. The Balaban J connectivity index is 1.54. The zero-order valence-corrected chi connectivity index (χ0v) is 19.2. The lowest BCUT2D eigenvalue weighted by Crippen LogP contribution is -2.44. The van der Waals surface area contributed by atoms with E-state index < -0.39 is 0 Å². The number of amides is 2. The average Bonchev–Trinajstić information content (AvgIpc) is 3.07. The van der Waals surface area contributed by atoms with Crippen molar-refractivity contribution in [2.45, 2.75) is 37.8 Å². The van der Waals surface area contributed by atoms with Gasteiger partial charge >= 0.3 is 0 Å². The van der Waals surface area contributed by atoms with Crippen LogP contribution >= 0.6 is 11.6 Å². The number of halogens is 1. The maximum atomic E-state index is 13.0. The van der Waals surface area contributed by atoms with Gasteiger partial charge in [0, 0.05) is 22.7 Å². The molecule has 168 valence electrons. The number of anilines is 1. The van der Waals surface area contributed by atoms with Crippen LogP contribution in [-0.4, -0.2) is 49.4 Å². The molecule has 4 rings (SSSR count). The molecule has 0 bridgehead atoms. The monoisotopic (exact) mass is 452 g/mol. The van der Waals surface area contributed by atoms with Crippen molar-refractivity contribution in [3.63, 3.8) is 0 Å². The van der Waals surface area contributed by atoms with Gasteiger partial charge in [0.1, 0.15) is 0 Å². The molecule has 1 fully saturated rings. The number of fused-ring (bicyclic) bond motifs is 1. The van der Waals surface area contributed by atoms with Crippen molar-refractivity contribution < 1.29 is 9.59 Å². The highest BCUT2D eigenvalue weighted by atomic mass is 35.5. The van der Waals surface area contributed by atoms with Crippen molar-refractivity contribution in [2.75, 3.05) is 26.0 Å². The van der Waals surface area contributed by atoms with Crippen LogP contribution < -0.4 is 16.0 Å². The molecule has 6 nitrogen and oxygen atoms in total. The fraction of sp³-hybridized carbons (Fsp3) is 0.360. The van der Waals surface area contributed by atoms with E-state index in [-0.39, 0.29) is 23.9 Å². The minimum Gasteiger partial charge on any atom is -0.381 e.